The van der Waals surface area contributed by atoms with Crippen LogP contribution < -0.4 is 0 Å². The van der Waals surface area contributed by atoms with Crippen LogP contribution in [0.5, 0.6) is 0 Å². The van der Waals surface area contributed by atoms with Gasteiger partial charge in [0.15, 0.2) is 11.6 Å². The van der Waals surface area contributed by atoms with Crippen molar-refractivity contribution >= 4 is 5.52 Å². The third-order valence-corrected chi connectivity index (χ3v) is 5.46. The highest BCUT2D eigenvalue weighted by Crippen LogP contribution is 2.35. The SMILES string of the molecule is Fc1ccc(-c2nn3cc(CN4CCCC4)ccc3c2-c2ccncc2)cc1F. The van der Waals surface area contributed by atoms with Gasteiger partial charge in [-0.1, -0.05) is 6.07 Å². The van der Waals surface area contributed by atoms with Crippen molar-refractivity contribution in [2.24, 2.45) is 0 Å². The van der Waals surface area contributed by atoms with Gasteiger partial charge in [0, 0.05) is 36.3 Å². The number of hydrogen-bond donors (Lipinski definition) is 0. The zero-order valence-electron chi connectivity index (χ0n) is 15.9. The van der Waals surface area contributed by atoms with Gasteiger partial charge in [0.25, 0.3) is 0 Å². The van der Waals surface area contributed by atoms with E-state index in [-0.39, 0.29) is 0 Å². The van der Waals surface area contributed by atoms with Gasteiger partial charge in [-0.2, -0.15) is 5.10 Å². The number of hydrogen-bond acceptors (Lipinski definition) is 3. The van der Waals surface area contributed by atoms with Gasteiger partial charge < -0.3 is 0 Å². The molecule has 1 aliphatic rings. The molecule has 0 atom stereocenters. The van der Waals surface area contributed by atoms with Crippen LogP contribution in [0.3, 0.4) is 0 Å². The highest BCUT2D eigenvalue weighted by Gasteiger charge is 2.19. The number of fused-ring (bicyclic) bond motifs is 1. The third-order valence-electron chi connectivity index (χ3n) is 5.46. The summed E-state index contributed by atoms with van der Waals surface area (Å²) in [5.74, 6) is -1.74. The average Bonchev–Trinajstić information content (AvgIpc) is 3.38. The Morgan fingerprint density at radius 2 is 1.66 bits per heavy atom. The summed E-state index contributed by atoms with van der Waals surface area (Å²) in [4.78, 5) is 6.53. The Kier molecular flexibility index (Phi) is 4.56. The fraction of sp³-hybridized carbons (Fsp3) is 0.217. The van der Waals surface area contributed by atoms with Crippen LogP contribution in [-0.2, 0) is 6.54 Å². The van der Waals surface area contributed by atoms with Crippen LogP contribution >= 0.6 is 0 Å². The Hall–Kier alpha value is -3.12. The van der Waals surface area contributed by atoms with E-state index in [0.717, 1.165) is 42.3 Å². The van der Waals surface area contributed by atoms with Crippen molar-refractivity contribution in [2.75, 3.05) is 13.1 Å². The highest BCUT2D eigenvalue weighted by molar-refractivity contribution is 5.92. The first kappa shape index (κ1) is 17.9. The standard InChI is InChI=1S/C23H20F2N4/c24-19-5-4-18(13-20(19)25)23-22(17-7-9-26-10-8-17)21-6-3-16(15-29(21)27-23)14-28-11-1-2-12-28/h3-10,13,15H,1-2,11-12,14H2. The van der Waals surface area contributed by atoms with Crippen LogP contribution in [0.1, 0.15) is 18.4 Å². The first-order valence-corrected chi connectivity index (χ1v) is 9.78. The minimum Gasteiger partial charge on any atom is -0.299 e. The van der Waals surface area contributed by atoms with E-state index in [1.807, 2.05) is 22.8 Å². The summed E-state index contributed by atoms with van der Waals surface area (Å²) in [6.07, 6.45) is 7.96. The minimum absolute atomic E-state index is 0.542. The number of halogens is 2. The van der Waals surface area contributed by atoms with Gasteiger partial charge >= 0.3 is 0 Å². The summed E-state index contributed by atoms with van der Waals surface area (Å²) in [6.45, 7) is 3.14. The van der Waals surface area contributed by atoms with E-state index in [2.05, 4.69) is 22.0 Å². The predicted molar refractivity (Wildman–Crippen MR) is 108 cm³/mol. The normalized spacial score (nSPS) is 14.7. The largest absolute Gasteiger partial charge is 0.299 e. The Morgan fingerprint density at radius 3 is 2.41 bits per heavy atom. The van der Waals surface area contributed by atoms with Crippen molar-refractivity contribution in [3.05, 3.63) is 78.3 Å². The molecule has 6 heteroatoms. The smallest absolute Gasteiger partial charge is 0.159 e. The summed E-state index contributed by atoms with van der Waals surface area (Å²) >= 11 is 0. The maximum absolute atomic E-state index is 13.9. The van der Waals surface area contributed by atoms with Gasteiger partial charge in [0.1, 0.15) is 5.69 Å². The van der Waals surface area contributed by atoms with Crippen LogP contribution in [-0.4, -0.2) is 32.6 Å². The van der Waals surface area contributed by atoms with E-state index in [1.54, 1.807) is 18.5 Å². The summed E-state index contributed by atoms with van der Waals surface area (Å²) in [7, 11) is 0. The molecule has 1 aliphatic heterocycles. The number of benzene rings is 1. The topological polar surface area (TPSA) is 33.4 Å². The molecule has 0 aliphatic carbocycles. The number of pyridine rings is 2. The van der Waals surface area contributed by atoms with Crippen molar-refractivity contribution in [3.63, 3.8) is 0 Å². The first-order valence-electron chi connectivity index (χ1n) is 9.78. The zero-order valence-corrected chi connectivity index (χ0v) is 15.9. The van der Waals surface area contributed by atoms with Gasteiger partial charge in [-0.3, -0.25) is 9.88 Å². The van der Waals surface area contributed by atoms with Crippen molar-refractivity contribution in [3.8, 4) is 22.4 Å². The first-order chi connectivity index (χ1) is 14.2. The number of nitrogens with zero attached hydrogens (tertiary/aromatic N) is 4. The Balaban J connectivity index is 1.66. The second-order valence-electron chi connectivity index (χ2n) is 7.44. The molecule has 0 N–H and O–H groups in total. The molecule has 4 nitrogen and oxygen atoms in total. The van der Waals surface area contributed by atoms with E-state index in [1.165, 1.54) is 24.5 Å². The number of aromatic nitrogens is 3. The average molecular weight is 390 g/mol. The summed E-state index contributed by atoms with van der Waals surface area (Å²) in [5.41, 5.74) is 5.07. The molecule has 29 heavy (non-hydrogen) atoms. The summed E-state index contributed by atoms with van der Waals surface area (Å²) in [5, 5.41) is 4.75. The Labute approximate surface area is 167 Å². The predicted octanol–water partition coefficient (Wildman–Crippen LogP) is 4.94. The van der Waals surface area contributed by atoms with E-state index in [4.69, 9.17) is 5.10 Å². The van der Waals surface area contributed by atoms with Gasteiger partial charge in [0.05, 0.1) is 5.52 Å². The maximum Gasteiger partial charge on any atom is 0.159 e. The van der Waals surface area contributed by atoms with Crippen molar-refractivity contribution in [2.45, 2.75) is 19.4 Å². The molecule has 4 heterocycles. The molecule has 146 valence electrons. The van der Waals surface area contributed by atoms with Crippen LogP contribution in [0.15, 0.2) is 61.1 Å². The van der Waals surface area contributed by atoms with Crippen molar-refractivity contribution in [1.29, 1.82) is 0 Å². The molecular weight excluding hydrogens is 370 g/mol. The monoisotopic (exact) mass is 390 g/mol. The Morgan fingerprint density at radius 1 is 0.862 bits per heavy atom. The molecule has 0 saturated carbocycles. The van der Waals surface area contributed by atoms with E-state index < -0.39 is 11.6 Å². The van der Waals surface area contributed by atoms with Crippen molar-refractivity contribution < 1.29 is 8.78 Å². The summed E-state index contributed by atoms with van der Waals surface area (Å²) < 4.78 is 29.2. The van der Waals surface area contributed by atoms with Crippen LogP contribution in [0.25, 0.3) is 27.9 Å². The van der Waals surface area contributed by atoms with E-state index in [0.29, 0.717) is 11.3 Å². The molecule has 1 saturated heterocycles. The van der Waals surface area contributed by atoms with Crippen LogP contribution in [0.4, 0.5) is 8.78 Å². The second-order valence-corrected chi connectivity index (χ2v) is 7.44. The molecular formula is C23H20F2N4. The van der Waals surface area contributed by atoms with Gasteiger partial charge in [-0.25, -0.2) is 13.3 Å². The molecule has 0 bridgehead atoms. The summed E-state index contributed by atoms with van der Waals surface area (Å²) in [6, 6.07) is 11.9. The lowest BCUT2D eigenvalue weighted by Gasteiger charge is -2.14. The molecule has 0 unspecified atom stereocenters. The molecule has 0 radical (unpaired) electrons. The number of likely N-dealkylation sites (tertiary alicyclic amines) is 1. The molecule has 1 aromatic carbocycles. The molecule has 5 rings (SSSR count). The molecule has 1 fully saturated rings. The fourth-order valence-corrected chi connectivity index (χ4v) is 4.03. The molecule has 0 amide bonds. The number of rotatable bonds is 4. The Bertz CT molecular complexity index is 1160. The highest BCUT2D eigenvalue weighted by atomic mass is 19.2. The maximum atomic E-state index is 13.9. The lowest BCUT2D eigenvalue weighted by atomic mass is 10.0. The quantitative estimate of drug-likeness (QED) is 0.495. The van der Waals surface area contributed by atoms with Crippen molar-refractivity contribution in [1.82, 2.24) is 19.5 Å². The molecule has 3 aromatic heterocycles. The third kappa shape index (κ3) is 3.40. The molecule has 4 aromatic rings. The van der Waals surface area contributed by atoms with Gasteiger partial charge in [0.2, 0.25) is 0 Å². The minimum atomic E-state index is -0.880. The van der Waals surface area contributed by atoms with Gasteiger partial charge in [-0.15, -0.1) is 0 Å². The van der Waals surface area contributed by atoms with E-state index in [9.17, 15) is 8.78 Å². The second kappa shape index (κ2) is 7.37. The van der Waals surface area contributed by atoms with Gasteiger partial charge in [-0.05, 0) is 73.5 Å². The lowest BCUT2D eigenvalue weighted by molar-refractivity contribution is 0.331. The van der Waals surface area contributed by atoms with Crippen LogP contribution in [0.2, 0.25) is 0 Å². The fourth-order valence-electron chi connectivity index (χ4n) is 4.03. The zero-order chi connectivity index (χ0) is 19.8. The lowest BCUT2D eigenvalue weighted by Crippen LogP contribution is -2.18. The van der Waals surface area contributed by atoms with E-state index >= 15 is 0 Å². The molecule has 0 spiro atoms. The van der Waals surface area contributed by atoms with Crippen LogP contribution in [0, 0.1) is 11.6 Å².